The SMILES string of the molecule is O=C1/C(=C/c2ccc(O)cc2)CCCC1CN1CCCCC1. The Morgan fingerprint density at radius 3 is 2.55 bits per heavy atom. The highest BCUT2D eigenvalue weighted by molar-refractivity contribution is 6.01. The minimum Gasteiger partial charge on any atom is -0.508 e. The summed E-state index contributed by atoms with van der Waals surface area (Å²) < 4.78 is 0. The number of ketones is 1. The number of carbonyl (C=O) groups is 1. The van der Waals surface area contributed by atoms with Gasteiger partial charge in [0.1, 0.15) is 5.75 Å². The molecule has 0 aromatic heterocycles. The summed E-state index contributed by atoms with van der Waals surface area (Å²) in [5.74, 6) is 0.778. The zero-order valence-electron chi connectivity index (χ0n) is 13.1. The lowest BCUT2D eigenvalue weighted by Crippen LogP contribution is -2.38. The summed E-state index contributed by atoms with van der Waals surface area (Å²) in [6.07, 6.45) is 8.91. The van der Waals surface area contributed by atoms with Crippen LogP contribution in [0.2, 0.25) is 0 Å². The van der Waals surface area contributed by atoms with Crippen molar-refractivity contribution in [1.82, 2.24) is 4.90 Å². The number of carbonyl (C=O) groups excluding carboxylic acids is 1. The first-order chi connectivity index (χ1) is 10.7. The minimum absolute atomic E-state index is 0.176. The van der Waals surface area contributed by atoms with Gasteiger partial charge in [-0.2, -0.15) is 0 Å². The molecule has 1 N–H and O–H groups in total. The van der Waals surface area contributed by atoms with Gasteiger partial charge in [0.15, 0.2) is 5.78 Å². The van der Waals surface area contributed by atoms with E-state index < -0.39 is 0 Å². The third-order valence-corrected chi connectivity index (χ3v) is 4.85. The number of aromatic hydroxyl groups is 1. The first kappa shape index (κ1) is 15.3. The molecule has 0 bridgehead atoms. The summed E-state index contributed by atoms with van der Waals surface area (Å²) in [6.45, 7) is 3.24. The Balaban J connectivity index is 1.67. The van der Waals surface area contributed by atoms with Gasteiger partial charge in [0.05, 0.1) is 0 Å². The number of nitrogens with zero attached hydrogens (tertiary/aromatic N) is 1. The summed E-state index contributed by atoms with van der Waals surface area (Å²) in [5, 5.41) is 9.35. The van der Waals surface area contributed by atoms with E-state index in [1.54, 1.807) is 12.1 Å². The molecular weight excluding hydrogens is 274 g/mol. The molecule has 3 rings (SSSR count). The molecule has 0 spiro atoms. The fourth-order valence-electron chi connectivity index (χ4n) is 3.60. The van der Waals surface area contributed by atoms with Gasteiger partial charge in [0.25, 0.3) is 0 Å². The lowest BCUT2D eigenvalue weighted by Gasteiger charge is -2.32. The number of hydrogen-bond donors (Lipinski definition) is 1. The fourth-order valence-corrected chi connectivity index (χ4v) is 3.60. The lowest BCUT2D eigenvalue weighted by molar-refractivity contribution is -0.121. The maximum atomic E-state index is 12.7. The van der Waals surface area contributed by atoms with Crippen LogP contribution in [0.15, 0.2) is 29.8 Å². The van der Waals surface area contributed by atoms with Crippen LogP contribution in [0.5, 0.6) is 5.75 Å². The highest BCUT2D eigenvalue weighted by atomic mass is 16.3. The second kappa shape index (κ2) is 7.10. The molecule has 0 radical (unpaired) electrons. The molecule has 1 atom stereocenters. The van der Waals surface area contributed by atoms with Gasteiger partial charge >= 0.3 is 0 Å². The van der Waals surface area contributed by atoms with E-state index in [0.717, 1.165) is 50.0 Å². The van der Waals surface area contributed by atoms with Gasteiger partial charge in [0.2, 0.25) is 0 Å². The molecule has 118 valence electrons. The Hall–Kier alpha value is -1.61. The molecule has 3 heteroatoms. The molecule has 2 aliphatic rings. The predicted octanol–water partition coefficient (Wildman–Crippen LogP) is 3.63. The molecule has 1 aromatic rings. The first-order valence-electron chi connectivity index (χ1n) is 8.48. The zero-order chi connectivity index (χ0) is 15.4. The van der Waals surface area contributed by atoms with Crippen LogP contribution >= 0.6 is 0 Å². The van der Waals surface area contributed by atoms with E-state index in [0.29, 0.717) is 5.78 Å². The molecule has 3 nitrogen and oxygen atoms in total. The monoisotopic (exact) mass is 299 g/mol. The van der Waals surface area contributed by atoms with Gasteiger partial charge in [-0.25, -0.2) is 0 Å². The highest BCUT2D eigenvalue weighted by Gasteiger charge is 2.28. The van der Waals surface area contributed by atoms with Crippen LogP contribution in [-0.4, -0.2) is 35.4 Å². The van der Waals surface area contributed by atoms with Gasteiger partial charge in [-0.15, -0.1) is 0 Å². The molecule has 1 saturated carbocycles. The Labute approximate surface area is 132 Å². The largest absolute Gasteiger partial charge is 0.508 e. The Morgan fingerprint density at radius 2 is 1.82 bits per heavy atom. The number of piperidine rings is 1. The van der Waals surface area contributed by atoms with Crippen LogP contribution in [0.25, 0.3) is 6.08 Å². The van der Waals surface area contributed by atoms with Crippen LogP contribution in [-0.2, 0) is 4.79 Å². The smallest absolute Gasteiger partial charge is 0.163 e. The highest BCUT2D eigenvalue weighted by Crippen LogP contribution is 2.28. The first-order valence-corrected chi connectivity index (χ1v) is 8.48. The molecule has 2 fully saturated rings. The Morgan fingerprint density at radius 1 is 1.09 bits per heavy atom. The number of phenols is 1. The van der Waals surface area contributed by atoms with Crippen molar-refractivity contribution in [3.8, 4) is 5.75 Å². The second-order valence-corrected chi connectivity index (χ2v) is 6.58. The number of phenolic OH excluding ortho intramolecular Hbond substituents is 1. The number of allylic oxidation sites excluding steroid dienone is 1. The normalized spacial score (nSPS) is 25.5. The number of rotatable bonds is 3. The standard InChI is InChI=1S/C19H25NO2/c21-18-9-7-15(8-10-18)13-16-5-4-6-17(19(16)22)14-20-11-2-1-3-12-20/h7-10,13,17,21H,1-6,11-12,14H2/b16-13+. The topological polar surface area (TPSA) is 40.5 Å². The summed E-state index contributed by atoms with van der Waals surface area (Å²) >= 11 is 0. The van der Waals surface area contributed by atoms with Crippen molar-refractivity contribution >= 4 is 11.9 Å². The van der Waals surface area contributed by atoms with Crippen molar-refractivity contribution in [2.75, 3.05) is 19.6 Å². The van der Waals surface area contributed by atoms with Gasteiger partial charge in [0, 0.05) is 12.5 Å². The molecule has 1 heterocycles. The lowest BCUT2D eigenvalue weighted by atomic mass is 9.83. The van der Waals surface area contributed by atoms with E-state index in [2.05, 4.69) is 4.90 Å². The van der Waals surface area contributed by atoms with Crippen molar-refractivity contribution in [2.24, 2.45) is 5.92 Å². The molecule has 22 heavy (non-hydrogen) atoms. The number of likely N-dealkylation sites (tertiary alicyclic amines) is 1. The summed E-state index contributed by atoms with van der Waals surface area (Å²) in [5.41, 5.74) is 1.96. The van der Waals surface area contributed by atoms with E-state index in [4.69, 9.17) is 0 Å². The zero-order valence-corrected chi connectivity index (χ0v) is 13.1. The molecule has 1 aliphatic carbocycles. The van der Waals surface area contributed by atoms with Crippen molar-refractivity contribution < 1.29 is 9.90 Å². The van der Waals surface area contributed by atoms with Crippen LogP contribution in [0.3, 0.4) is 0 Å². The van der Waals surface area contributed by atoms with Crippen LogP contribution in [0, 0.1) is 5.92 Å². The Bertz CT molecular complexity index is 541. The van der Waals surface area contributed by atoms with E-state index in [9.17, 15) is 9.90 Å². The van der Waals surface area contributed by atoms with E-state index in [-0.39, 0.29) is 11.7 Å². The quantitative estimate of drug-likeness (QED) is 0.866. The van der Waals surface area contributed by atoms with Gasteiger partial charge in [-0.1, -0.05) is 18.6 Å². The summed E-state index contributed by atoms with van der Waals surface area (Å²) in [4.78, 5) is 15.2. The van der Waals surface area contributed by atoms with E-state index in [1.807, 2.05) is 18.2 Å². The average molecular weight is 299 g/mol. The average Bonchev–Trinajstić information content (AvgIpc) is 2.54. The molecule has 1 aromatic carbocycles. The minimum atomic E-state index is 0.176. The van der Waals surface area contributed by atoms with E-state index in [1.165, 1.54) is 19.3 Å². The van der Waals surface area contributed by atoms with Crippen LogP contribution in [0.4, 0.5) is 0 Å². The van der Waals surface area contributed by atoms with E-state index >= 15 is 0 Å². The van der Waals surface area contributed by atoms with Gasteiger partial charge in [-0.05, 0) is 74.5 Å². The number of hydrogen-bond acceptors (Lipinski definition) is 3. The number of Topliss-reactive ketones (excluding diaryl/α,β-unsaturated/α-hetero) is 1. The van der Waals surface area contributed by atoms with Crippen LogP contribution in [0.1, 0.15) is 44.1 Å². The maximum absolute atomic E-state index is 12.7. The van der Waals surface area contributed by atoms with Crippen LogP contribution < -0.4 is 0 Å². The molecular formula is C19H25NO2. The van der Waals surface area contributed by atoms with Gasteiger partial charge in [-0.3, -0.25) is 4.79 Å². The van der Waals surface area contributed by atoms with Crippen molar-refractivity contribution in [3.05, 3.63) is 35.4 Å². The molecule has 1 aliphatic heterocycles. The number of benzene rings is 1. The maximum Gasteiger partial charge on any atom is 0.163 e. The van der Waals surface area contributed by atoms with Crippen molar-refractivity contribution in [2.45, 2.75) is 38.5 Å². The van der Waals surface area contributed by atoms with Crippen molar-refractivity contribution in [3.63, 3.8) is 0 Å². The molecule has 1 unspecified atom stereocenters. The fraction of sp³-hybridized carbons (Fsp3) is 0.526. The van der Waals surface area contributed by atoms with Gasteiger partial charge < -0.3 is 10.0 Å². The van der Waals surface area contributed by atoms with Crippen molar-refractivity contribution in [1.29, 1.82) is 0 Å². The second-order valence-electron chi connectivity index (χ2n) is 6.58. The predicted molar refractivity (Wildman–Crippen MR) is 88.7 cm³/mol. The summed E-state index contributed by atoms with van der Waals surface area (Å²) in [6, 6.07) is 7.07. The molecule has 0 amide bonds. The third kappa shape index (κ3) is 3.77. The summed E-state index contributed by atoms with van der Waals surface area (Å²) in [7, 11) is 0. The molecule has 1 saturated heterocycles. The third-order valence-electron chi connectivity index (χ3n) is 4.85. The Kier molecular flexibility index (Phi) is 4.94.